The molecule has 0 aromatic heterocycles. The Balaban J connectivity index is 1.52. The smallest absolute Gasteiger partial charge is 0.133 e. The van der Waals surface area contributed by atoms with E-state index in [-0.39, 0.29) is 6.61 Å². The van der Waals surface area contributed by atoms with Gasteiger partial charge in [-0.05, 0) is 70.9 Å². The molecule has 2 aromatic carbocycles. The number of aliphatic hydroxyl groups excluding tert-OH is 1. The first-order valence-electron chi connectivity index (χ1n) is 8.59. The van der Waals surface area contributed by atoms with Gasteiger partial charge in [0.2, 0.25) is 0 Å². The Morgan fingerprint density at radius 3 is 2.56 bits per heavy atom. The van der Waals surface area contributed by atoms with Crippen molar-refractivity contribution in [2.75, 3.05) is 19.8 Å². The van der Waals surface area contributed by atoms with E-state index in [1.165, 1.54) is 5.56 Å². The zero-order valence-electron chi connectivity index (χ0n) is 14.2. The third kappa shape index (κ3) is 4.75. The molecule has 2 aromatic rings. The molecule has 25 heavy (non-hydrogen) atoms. The lowest BCUT2D eigenvalue weighted by atomic mass is 9.94. The van der Waals surface area contributed by atoms with E-state index in [2.05, 4.69) is 28.1 Å². The predicted octanol–water partition coefficient (Wildman–Crippen LogP) is 3.86. The number of halogens is 1. The van der Waals surface area contributed by atoms with Crippen molar-refractivity contribution in [2.45, 2.75) is 30.7 Å². The Morgan fingerprint density at radius 2 is 1.88 bits per heavy atom. The molecule has 1 saturated carbocycles. The predicted molar refractivity (Wildman–Crippen MR) is 102 cm³/mol. The van der Waals surface area contributed by atoms with Crippen LogP contribution in [0.3, 0.4) is 0 Å². The standard InChI is InChI=1S/C20H24BrNO3/c21-18-12-15(16-8-9-20(22,13-16)14-23)6-7-19(18)25-11-10-24-17-4-2-1-3-5-17/h1-7,12,16,23H,8-11,13-14,22H2/t16-,20+/m1/s1. The molecule has 0 bridgehead atoms. The Labute approximate surface area is 157 Å². The van der Waals surface area contributed by atoms with Crippen LogP contribution >= 0.6 is 15.9 Å². The zero-order chi connectivity index (χ0) is 17.7. The third-order valence-corrected chi connectivity index (χ3v) is 5.36. The molecule has 0 aliphatic heterocycles. The van der Waals surface area contributed by atoms with Crippen LogP contribution in [0.15, 0.2) is 53.0 Å². The van der Waals surface area contributed by atoms with Gasteiger partial charge in [-0.25, -0.2) is 0 Å². The van der Waals surface area contributed by atoms with Gasteiger partial charge in [-0.2, -0.15) is 0 Å². The van der Waals surface area contributed by atoms with Crippen LogP contribution in [0.5, 0.6) is 11.5 Å². The normalized spacial score (nSPS) is 22.8. The van der Waals surface area contributed by atoms with Gasteiger partial charge in [0, 0.05) is 5.54 Å². The Hall–Kier alpha value is -1.56. The molecule has 134 valence electrons. The molecular weight excluding hydrogens is 382 g/mol. The lowest BCUT2D eigenvalue weighted by Gasteiger charge is -2.21. The second kappa shape index (κ2) is 8.21. The van der Waals surface area contributed by atoms with Crippen LogP contribution < -0.4 is 15.2 Å². The van der Waals surface area contributed by atoms with E-state index < -0.39 is 5.54 Å². The molecule has 1 fully saturated rings. The SMILES string of the molecule is N[C@@]1(CO)CC[C@@H](c2ccc(OCCOc3ccccc3)c(Br)c2)C1. The van der Waals surface area contributed by atoms with Crippen molar-refractivity contribution in [3.63, 3.8) is 0 Å². The summed E-state index contributed by atoms with van der Waals surface area (Å²) in [5.74, 6) is 2.04. The van der Waals surface area contributed by atoms with E-state index in [0.717, 1.165) is 35.2 Å². The molecule has 0 radical (unpaired) electrons. The minimum atomic E-state index is -0.429. The Kier molecular flexibility index (Phi) is 5.99. The number of para-hydroxylation sites is 1. The lowest BCUT2D eigenvalue weighted by molar-refractivity contribution is 0.198. The molecule has 3 rings (SSSR count). The number of ether oxygens (including phenoxy) is 2. The van der Waals surface area contributed by atoms with Gasteiger partial charge in [-0.15, -0.1) is 0 Å². The van der Waals surface area contributed by atoms with Gasteiger partial charge in [0.05, 0.1) is 11.1 Å². The molecule has 0 unspecified atom stereocenters. The monoisotopic (exact) mass is 405 g/mol. The highest BCUT2D eigenvalue weighted by atomic mass is 79.9. The van der Waals surface area contributed by atoms with Gasteiger partial charge < -0.3 is 20.3 Å². The summed E-state index contributed by atoms with van der Waals surface area (Å²) >= 11 is 3.59. The zero-order valence-corrected chi connectivity index (χ0v) is 15.7. The van der Waals surface area contributed by atoms with Gasteiger partial charge in [0.15, 0.2) is 0 Å². The second-order valence-electron chi connectivity index (χ2n) is 6.66. The molecule has 0 spiro atoms. The summed E-state index contributed by atoms with van der Waals surface area (Å²) in [4.78, 5) is 0. The minimum absolute atomic E-state index is 0.0489. The summed E-state index contributed by atoms with van der Waals surface area (Å²) in [6, 6.07) is 15.9. The van der Waals surface area contributed by atoms with Crippen LogP contribution in [0, 0.1) is 0 Å². The highest BCUT2D eigenvalue weighted by Crippen LogP contribution is 2.41. The molecule has 5 heteroatoms. The Bertz CT molecular complexity index is 695. The number of hydrogen-bond donors (Lipinski definition) is 2. The molecular formula is C20H24BrNO3. The average Bonchev–Trinajstić information content (AvgIpc) is 3.04. The van der Waals surface area contributed by atoms with Gasteiger partial charge in [-0.3, -0.25) is 0 Å². The van der Waals surface area contributed by atoms with E-state index >= 15 is 0 Å². The van der Waals surface area contributed by atoms with Crippen LogP contribution in [0.1, 0.15) is 30.7 Å². The van der Waals surface area contributed by atoms with Crippen molar-refractivity contribution in [2.24, 2.45) is 5.73 Å². The maximum Gasteiger partial charge on any atom is 0.133 e. The van der Waals surface area contributed by atoms with E-state index in [4.69, 9.17) is 15.2 Å². The highest BCUT2D eigenvalue weighted by Gasteiger charge is 2.35. The molecule has 0 amide bonds. The average molecular weight is 406 g/mol. The topological polar surface area (TPSA) is 64.7 Å². The summed E-state index contributed by atoms with van der Waals surface area (Å²) in [5, 5.41) is 9.43. The fourth-order valence-corrected chi connectivity index (χ4v) is 3.81. The van der Waals surface area contributed by atoms with E-state index in [0.29, 0.717) is 19.1 Å². The third-order valence-electron chi connectivity index (χ3n) is 4.74. The number of benzene rings is 2. The number of hydrogen-bond acceptors (Lipinski definition) is 4. The van der Waals surface area contributed by atoms with Crippen molar-refractivity contribution >= 4 is 15.9 Å². The summed E-state index contributed by atoms with van der Waals surface area (Å²) in [5.41, 5.74) is 6.99. The Morgan fingerprint density at radius 1 is 1.12 bits per heavy atom. The number of aliphatic hydroxyl groups is 1. The first-order valence-corrected chi connectivity index (χ1v) is 9.39. The van der Waals surface area contributed by atoms with Gasteiger partial charge in [0.25, 0.3) is 0 Å². The fraction of sp³-hybridized carbons (Fsp3) is 0.400. The van der Waals surface area contributed by atoms with Crippen molar-refractivity contribution in [1.29, 1.82) is 0 Å². The van der Waals surface area contributed by atoms with E-state index in [9.17, 15) is 5.11 Å². The molecule has 1 aliphatic carbocycles. The maximum atomic E-state index is 9.43. The van der Waals surface area contributed by atoms with Gasteiger partial charge in [-0.1, -0.05) is 24.3 Å². The van der Waals surface area contributed by atoms with Crippen LogP contribution in [0.2, 0.25) is 0 Å². The summed E-state index contributed by atoms with van der Waals surface area (Å²) in [6.45, 7) is 1.02. The van der Waals surface area contributed by atoms with Gasteiger partial charge >= 0.3 is 0 Å². The largest absolute Gasteiger partial charge is 0.490 e. The first-order chi connectivity index (χ1) is 12.1. The van der Waals surface area contributed by atoms with E-state index in [1.807, 2.05) is 36.4 Å². The van der Waals surface area contributed by atoms with Crippen LogP contribution in [0.4, 0.5) is 0 Å². The quantitative estimate of drug-likeness (QED) is 0.686. The molecule has 0 saturated heterocycles. The van der Waals surface area contributed by atoms with Crippen LogP contribution in [-0.4, -0.2) is 30.5 Å². The molecule has 4 nitrogen and oxygen atoms in total. The molecule has 1 aliphatic rings. The van der Waals surface area contributed by atoms with Crippen molar-refractivity contribution in [3.8, 4) is 11.5 Å². The van der Waals surface area contributed by atoms with E-state index in [1.54, 1.807) is 0 Å². The van der Waals surface area contributed by atoms with Crippen LogP contribution in [-0.2, 0) is 0 Å². The molecule has 2 atom stereocenters. The molecule has 0 heterocycles. The summed E-state index contributed by atoms with van der Waals surface area (Å²) in [6.07, 6.45) is 2.69. The van der Waals surface area contributed by atoms with Crippen LogP contribution in [0.25, 0.3) is 0 Å². The minimum Gasteiger partial charge on any atom is -0.490 e. The maximum absolute atomic E-state index is 9.43. The highest BCUT2D eigenvalue weighted by molar-refractivity contribution is 9.10. The second-order valence-corrected chi connectivity index (χ2v) is 7.51. The van der Waals surface area contributed by atoms with Crippen molar-refractivity contribution < 1.29 is 14.6 Å². The summed E-state index contributed by atoms with van der Waals surface area (Å²) in [7, 11) is 0. The number of nitrogens with two attached hydrogens (primary N) is 1. The van der Waals surface area contributed by atoms with Crippen molar-refractivity contribution in [3.05, 3.63) is 58.6 Å². The number of rotatable bonds is 7. The van der Waals surface area contributed by atoms with Crippen molar-refractivity contribution in [1.82, 2.24) is 0 Å². The first kappa shape index (κ1) is 18.2. The summed E-state index contributed by atoms with van der Waals surface area (Å²) < 4.78 is 12.4. The van der Waals surface area contributed by atoms with Gasteiger partial charge in [0.1, 0.15) is 24.7 Å². The lowest BCUT2D eigenvalue weighted by Crippen LogP contribution is -2.40. The fourth-order valence-electron chi connectivity index (χ4n) is 3.30. The molecule has 3 N–H and O–H groups in total.